The van der Waals surface area contributed by atoms with Crippen molar-refractivity contribution in [2.45, 2.75) is 60.7 Å². The molecule has 0 radical (unpaired) electrons. The molecule has 0 unspecified atom stereocenters. The Morgan fingerprint density at radius 1 is 1.03 bits per heavy atom. The van der Waals surface area contributed by atoms with Crippen molar-refractivity contribution in [1.82, 2.24) is 4.48 Å². The third kappa shape index (κ3) is 3.35. The molecule has 2 aromatic rings. The average Bonchev–Trinajstić information content (AvgIpc) is 3.12. The van der Waals surface area contributed by atoms with Gasteiger partial charge in [-0.05, 0) is 68.1 Å². The van der Waals surface area contributed by atoms with Crippen LogP contribution in [0.4, 0.5) is 21.8 Å². The monoisotopic (exact) mass is 464 g/mol. The van der Waals surface area contributed by atoms with Crippen molar-refractivity contribution in [3.8, 4) is 5.75 Å². The van der Waals surface area contributed by atoms with E-state index in [0.29, 0.717) is 46.8 Å². The summed E-state index contributed by atoms with van der Waals surface area (Å²) in [4.78, 5) is 0. The van der Waals surface area contributed by atoms with Gasteiger partial charge >= 0.3 is 13.3 Å². The second kappa shape index (κ2) is 7.60. The van der Waals surface area contributed by atoms with Crippen molar-refractivity contribution in [3.63, 3.8) is 0 Å². The maximum atomic E-state index is 16.2. The second-order valence-electron chi connectivity index (χ2n) is 8.56. The minimum atomic E-state index is -4.85. The van der Waals surface area contributed by atoms with Crippen molar-refractivity contribution in [2.75, 3.05) is 0 Å². The van der Waals surface area contributed by atoms with Gasteiger partial charge in [-0.25, -0.2) is 0 Å². The summed E-state index contributed by atoms with van der Waals surface area (Å²) in [7, 11) is 0. The fraction of sp³-hybridized carbons (Fsp3) is 0.375. The molecule has 4 rings (SSSR count). The van der Waals surface area contributed by atoms with E-state index in [0.717, 1.165) is 31.2 Å². The highest BCUT2D eigenvalue weighted by atomic mass is 19.4. The van der Waals surface area contributed by atoms with E-state index in [1.54, 1.807) is 33.8 Å². The van der Waals surface area contributed by atoms with Gasteiger partial charge < -0.3 is 22.3 Å². The Kier molecular flexibility index (Phi) is 5.37. The molecule has 0 N–H and O–H groups in total. The number of ether oxygens (including phenoxy) is 1. The number of fused-ring (bicyclic) bond motifs is 2. The van der Waals surface area contributed by atoms with Crippen molar-refractivity contribution in [1.29, 1.82) is 0 Å². The molecular weight excluding hydrogens is 438 g/mol. The van der Waals surface area contributed by atoms with Gasteiger partial charge in [0.05, 0.1) is 5.57 Å². The molecule has 3 nitrogen and oxygen atoms in total. The first-order valence-corrected chi connectivity index (χ1v) is 11.0. The average molecular weight is 464 g/mol. The Balaban J connectivity index is 2.14. The zero-order valence-electron chi connectivity index (χ0n) is 19.5. The molecular formula is C24H26BF5N2O. The van der Waals surface area contributed by atoms with Gasteiger partial charge in [0.15, 0.2) is 5.70 Å². The Labute approximate surface area is 189 Å². The highest BCUT2D eigenvalue weighted by Crippen LogP contribution is 2.47. The lowest BCUT2D eigenvalue weighted by molar-refractivity contribution is -0.363. The van der Waals surface area contributed by atoms with E-state index in [1.165, 1.54) is 18.2 Å². The fourth-order valence-electron chi connectivity index (χ4n) is 5.60. The summed E-state index contributed by atoms with van der Waals surface area (Å²) in [6, 6.07) is 5.58. The predicted molar refractivity (Wildman–Crippen MR) is 120 cm³/mol. The molecule has 1 aromatic carbocycles. The van der Waals surface area contributed by atoms with Crippen LogP contribution in [0, 0.1) is 13.8 Å². The summed E-state index contributed by atoms with van der Waals surface area (Å²) in [5.41, 5.74) is 5.64. The van der Waals surface area contributed by atoms with Crippen molar-refractivity contribution < 1.29 is 31.0 Å². The molecule has 9 heteroatoms. The number of aromatic nitrogens is 1. The molecule has 0 atom stereocenters. The zero-order chi connectivity index (χ0) is 24.5. The van der Waals surface area contributed by atoms with E-state index in [2.05, 4.69) is 4.74 Å². The van der Waals surface area contributed by atoms with Gasteiger partial charge in [-0.15, -0.1) is 13.2 Å². The number of hydrogen-bond donors (Lipinski definition) is 0. The van der Waals surface area contributed by atoms with Crippen LogP contribution in [-0.4, -0.2) is 28.0 Å². The number of benzene rings is 1. The molecule has 1 aromatic heterocycles. The quantitative estimate of drug-likeness (QED) is 0.361. The Hall–Kier alpha value is -2.84. The summed E-state index contributed by atoms with van der Waals surface area (Å²) in [5, 5.41) is 0. The van der Waals surface area contributed by atoms with E-state index >= 15 is 8.63 Å². The van der Waals surface area contributed by atoms with Crippen molar-refractivity contribution in [2.24, 2.45) is 0 Å². The normalized spacial score (nSPS) is 17.7. The minimum absolute atomic E-state index is 0.356. The summed E-state index contributed by atoms with van der Waals surface area (Å²) >= 11 is 0. The molecule has 2 aliphatic rings. The number of alkyl halides is 3. The maximum absolute atomic E-state index is 16.2. The van der Waals surface area contributed by atoms with Gasteiger partial charge in [0.2, 0.25) is 0 Å². The maximum Gasteiger partial charge on any atom is 0.737 e. The molecule has 0 aliphatic carbocycles. The van der Waals surface area contributed by atoms with Crippen LogP contribution in [-0.2, 0) is 6.42 Å². The third-order valence-electron chi connectivity index (χ3n) is 6.85. The summed E-state index contributed by atoms with van der Waals surface area (Å²) in [6.07, 6.45) is -3.71. The standard InChI is InChI=1S/C24H26BF5N2O/c1-7-19-13(3)22-21(17-10-9-11-18(12-17)33-24(26,27)28)23-14(4)20(8-2)16(6)32(23)25(29,30)31(22)15(19)5/h9-12H,7-8H2,1-6H3. The molecule has 3 heterocycles. The number of halogens is 5. The topological polar surface area (TPSA) is 17.2 Å². The van der Waals surface area contributed by atoms with Crippen LogP contribution < -0.4 is 4.74 Å². The predicted octanol–water partition coefficient (Wildman–Crippen LogP) is 6.78. The number of hydrogen-bond acceptors (Lipinski definition) is 1. The minimum Gasteiger partial charge on any atom is -0.406 e. The van der Waals surface area contributed by atoms with Crippen LogP contribution >= 0.6 is 0 Å². The van der Waals surface area contributed by atoms with Crippen LogP contribution in [0.15, 0.2) is 41.1 Å². The summed E-state index contributed by atoms with van der Waals surface area (Å²) in [5.74, 6) is -0.387. The first-order chi connectivity index (χ1) is 15.3. The molecule has 0 spiro atoms. The highest BCUT2D eigenvalue weighted by molar-refractivity contribution is 6.58. The number of nitrogens with zero attached hydrogens (tertiary/aromatic N) is 2. The number of rotatable bonds is 4. The van der Waals surface area contributed by atoms with Crippen molar-refractivity contribution >= 4 is 18.3 Å². The number of allylic oxidation sites excluding steroid dienone is 2. The fourth-order valence-corrected chi connectivity index (χ4v) is 5.60. The van der Waals surface area contributed by atoms with Gasteiger partial charge in [-0.3, -0.25) is 0 Å². The molecule has 0 bridgehead atoms. The smallest absolute Gasteiger partial charge is 0.406 e. The molecule has 2 aliphatic heterocycles. The van der Waals surface area contributed by atoms with E-state index in [1.807, 2.05) is 13.8 Å². The summed E-state index contributed by atoms with van der Waals surface area (Å²) < 4.78 is 77.3. The molecule has 0 saturated heterocycles. The summed E-state index contributed by atoms with van der Waals surface area (Å²) in [6.45, 7) is 6.62. The Morgan fingerprint density at radius 3 is 2.27 bits per heavy atom. The Morgan fingerprint density at radius 2 is 1.70 bits per heavy atom. The SMILES string of the molecule is CCC1=C(C)C2=C(c3cccc(OC(F)(F)F)c3)c3c(C)c(CC)c(C)n3[B-](F)(F)[N+]2=C1C. The van der Waals surface area contributed by atoms with Gasteiger partial charge in [0.25, 0.3) is 0 Å². The molecule has 33 heavy (non-hydrogen) atoms. The lowest BCUT2D eigenvalue weighted by atomic mass is 9.83. The van der Waals surface area contributed by atoms with Crippen molar-refractivity contribution in [3.05, 3.63) is 69.2 Å². The van der Waals surface area contributed by atoms with Gasteiger partial charge in [-0.1, -0.05) is 26.0 Å². The molecule has 0 saturated carbocycles. The first kappa shape index (κ1) is 23.3. The zero-order valence-corrected chi connectivity index (χ0v) is 19.5. The molecule has 176 valence electrons. The van der Waals surface area contributed by atoms with E-state index in [9.17, 15) is 13.2 Å². The van der Waals surface area contributed by atoms with E-state index < -0.39 is 13.3 Å². The highest BCUT2D eigenvalue weighted by Gasteiger charge is 2.56. The van der Waals surface area contributed by atoms with Crippen LogP contribution in [0.25, 0.3) is 5.57 Å². The van der Waals surface area contributed by atoms with Crippen LogP contribution in [0.1, 0.15) is 62.2 Å². The van der Waals surface area contributed by atoms with Crippen LogP contribution in [0.3, 0.4) is 0 Å². The largest absolute Gasteiger partial charge is 0.737 e. The van der Waals surface area contributed by atoms with E-state index in [4.69, 9.17) is 0 Å². The second-order valence-corrected chi connectivity index (χ2v) is 8.56. The van der Waals surface area contributed by atoms with E-state index in [-0.39, 0.29) is 5.75 Å². The van der Waals surface area contributed by atoms with Crippen LogP contribution in [0.2, 0.25) is 0 Å². The van der Waals surface area contributed by atoms with Gasteiger partial charge in [0.1, 0.15) is 11.5 Å². The van der Waals surface area contributed by atoms with Gasteiger partial charge in [0, 0.05) is 23.8 Å². The molecule has 0 fully saturated rings. The van der Waals surface area contributed by atoms with Crippen LogP contribution in [0.5, 0.6) is 5.75 Å². The lowest BCUT2D eigenvalue weighted by Gasteiger charge is -2.34. The third-order valence-corrected chi connectivity index (χ3v) is 6.85. The lowest BCUT2D eigenvalue weighted by Crippen LogP contribution is -2.51. The van der Waals surface area contributed by atoms with Gasteiger partial charge in [-0.2, -0.15) is 0 Å². The first-order valence-electron chi connectivity index (χ1n) is 11.0. The Bertz CT molecular complexity index is 1260. The molecule has 0 amide bonds.